The van der Waals surface area contributed by atoms with Gasteiger partial charge in [-0.1, -0.05) is 44.2 Å². The Morgan fingerprint density at radius 2 is 1.89 bits per heavy atom. The molecule has 3 atom stereocenters. The van der Waals surface area contributed by atoms with Crippen molar-refractivity contribution >= 4 is 17.6 Å². The van der Waals surface area contributed by atoms with Crippen LogP contribution in [0.25, 0.3) is 0 Å². The molecule has 0 fully saturated rings. The first-order valence-electron chi connectivity index (χ1n) is 12.7. The topological polar surface area (TPSA) is 83.1 Å². The molecule has 0 spiro atoms. The number of urea groups is 1. The number of fused-ring (bicyclic) bond motifs is 1. The van der Waals surface area contributed by atoms with Crippen LogP contribution >= 0.6 is 0 Å². The number of benzene rings is 2. The van der Waals surface area contributed by atoms with E-state index in [2.05, 4.69) is 53.6 Å². The predicted octanol–water partition coefficient (Wildman–Crippen LogP) is 4.22. The lowest BCUT2D eigenvalue weighted by Gasteiger charge is -2.36. The Hall–Kier alpha value is -3.10. The lowest BCUT2D eigenvalue weighted by molar-refractivity contribution is 0.00921. The molecule has 0 saturated heterocycles. The molecule has 2 N–H and O–H groups in total. The van der Waals surface area contributed by atoms with E-state index in [1.165, 1.54) is 5.56 Å². The molecular weight excluding hydrogens is 456 g/mol. The SMILES string of the molecule is CCCNC(=O)Nc1ccc2c(c1)C(=O)N(C)C[C@@H](OC)[C@@H](C)CN(Cc1ccccc1)[C@H](C)CO2. The molecule has 0 bridgehead atoms. The molecule has 0 saturated carbocycles. The second-order valence-electron chi connectivity index (χ2n) is 9.60. The minimum Gasteiger partial charge on any atom is -0.491 e. The lowest BCUT2D eigenvalue weighted by atomic mass is 10.0. The fourth-order valence-electron chi connectivity index (χ4n) is 4.38. The third-order valence-corrected chi connectivity index (χ3v) is 6.60. The number of hydrogen-bond acceptors (Lipinski definition) is 5. The van der Waals surface area contributed by atoms with E-state index >= 15 is 0 Å². The Bertz CT molecular complexity index is 1000. The maximum absolute atomic E-state index is 13.5. The van der Waals surface area contributed by atoms with Crippen molar-refractivity contribution in [1.82, 2.24) is 15.1 Å². The van der Waals surface area contributed by atoms with Gasteiger partial charge < -0.3 is 25.0 Å². The van der Waals surface area contributed by atoms with Gasteiger partial charge in [0.15, 0.2) is 0 Å². The number of nitrogens with one attached hydrogen (secondary N) is 2. The van der Waals surface area contributed by atoms with Crippen LogP contribution in [0, 0.1) is 5.92 Å². The van der Waals surface area contributed by atoms with Crippen molar-refractivity contribution in [2.75, 3.05) is 45.7 Å². The largest absolute Gasteiger partial charge is 0.491 e. The zero-order valence-electron chi connectivity index (χ0n) is 22.1. The first-order chi connectivity index (χ1) is 17.3. The number of rotatable bonds is 6. The summed E-state index contributed by atoms with van der Waals surface area (Å²) in [5.74, 6) is 0.511. The summed E-state index contributed by atoms with van der Waals surface area (Å²) in [6.07, 6.45) is 0.710. The highest BCUT2D eigenvalue weighted by molar-refractivity contribution is 5.99. The van der Waals surface area contributed by atoms with Crippen molar-refractivity contribution in [3.05, 3.63) is 59.7 Å². The zero-order chi connectivity index (χ0) is 26.1. The van der Waals surface area contributed by atoms with Crippen molar-refractivity contribution in [2.24, 2.45) is 5.92 Å². The number of likely N-dealkylation sites (N-methyl/N-ethyl adjacent to an activating group) is 1. The van der Waals surface area contributed by atoms with Gasteiger partial charge in [0, 0.05) is 52.1 Å². The monoisotopic (exact) mass is 496 g/mol. The van der Waals surface area contributed by atoms with Crippen LogP contribution < -0.4 is 15.4 Å². The molecule has 36 heavy (non-hydrogen) atoms. The lowest BCUT2D eigenvalue weighted by Crippen LogP contribution is -2.46. The summed E-state index contributed by atoms with van der Waals surface area (Å²) < 4.78 is 12.1. The summed E-state index contributed by atoms with van der Waals surface area (Å²) in [4.78, 5) is 29.7. The van der Waals surface area contributed by atoms with E-state index in [9.17, 15) is 9.59 Å². The van der Waals surface area contributed by atoms with Gasteiger partial charge in [-0.3, -0.25) is 9.69 Å². The Morgan fingerprint density at radius 3 is 2.58 bits per heavy atom. The van der Waals surface area contributed by atoms with Crippen LogP contribution in [0.4, 0.5) is 10.5 Å². The van der Waals surface area contributed by atoms with E-state index in [0.29, 0.717) is 36.7 Å². The maximum Gasteiger partial charge on any atom is 0.319 e. The van der Waals surface area contributed by atoms with Gasteiger partial charge in [-0.25, -0.2) is 4.79 Å². The fraction of sp³-hybridized carbons (Fsp3) is 0.500. The molecule has 1 aliphatic rings. The molecule has 2 aromatic carbocycles. The quantitative estimate of drug-likeness (QED) is 0.626. The first kappa shape index (κ1) is 27.5. The molecule has 1 heterocycles. The average molecular weight is 497 g/mol. The van der Waals surface area contributed by atoms with Crippen molar-refractivity contribution in [3.63, 3.8) is 0 Å². The molecule has 0 radical (unpaired) electrons. The van der Waals surface area contributed by atoms with E-state index in [0.717, 1.165) is 19.5 Å². The number of methoxy groups -OCH3 is 1. The van der Waals surface area contributed by atoms with Crippen molar-refractivity contribution in [1.29, 1.82) is 0 Å². The average Bonchev–Trinajstić information content (AvgIpc) is 2.88. The Labute approximate surface area is 214 Å². The Morgan fingerprint density at radius 1 is 1.14 bits per heavy atom. The van der Waals surface area contributed by atoms with Crippen LogP contribution in [0.1, 0.15) is 43.1 Å². The zero-order valence-corrected chi connectivity index (χ0v) is 22.1. The standard InChI is InChI=1S/C28H40N4O4/c1-6-14-29-28(34)30-23-12-13-25-24(15-23)27(33)31(4)18-26(35-5)20(2)16-32(21(3)19-36-25)17-22-10-8-7-9-11-22/h7-13,15,20-21,26H,6,14,16-19H2,1-5H3,(H2,29,30,34)/t20-,21+,26+/m0/s1. The van der Waals surface area contributed by atoms with Crippen molar-refractivity contribution in [2.45, 2.75) is 45.9 Å². The third-order valence-electron chi connectivity index (χ3n) is 6.60. The van der Waals surface area contributed by atoms with Crippen LogP contribution in [-0.2, 0) is 11.3 Å². The number of ether oxygens (including phenoxy) is 2. The van der Waals surface area contributed by atoms with E-state index in [-0.39, 0.29) is 30.0 Å². The highest BCUT2D eigenvalue weighted by Gasteiger charge is 2.28. The number of anilines is 1. The second kappa shape index (κ2) is 13.3. The van der Waals surface area contributed by atoms with Crippen molar-refractivity contribution < 1.29 is 19.1 Å². The number of nitrogens with zero attached hydrogens (tertiary/aromatic N) is 2. The second-order valence-corrected chi connectivity index (χ2v) is 9.60. The summed E-state index contributed by atoms with van der Waals surface area (Å²) in [5, 5.41) is 5.60. The smallest absolute Gasteiger partial charge is 0.319 e. The van der Waals surface area contributed by atoms with Crippen molar-refractivity contribution in [3.8, 4) is 5.75 Å². The number of carbonyl (C=O) groups is 2. The van der Waals surface area contributed by atoms with Gasteiger partial charge in [0.2, 0.25) is 0 Å². The van der Waals surface area contributed by atoms with E-state index < -0.39 is 0 Å². The minimum absolute atomic E-state index is 0.0999. The molecule has 196 valence electrons. The molecule has 0 aromatic heterocycles. The molecule has 8 heteroatoms. The maximum atomic E-state index is 13.5. The summed E-state index contributed by atoms with van der Waals surface area (Å²) >= 11 is 0. The van der Waals surface area contributed by atoms with Gasteiger partial charge in [-0.15, -0.1) is 0 Å². The molecule has 3 amide bonds. The van der Waals surface area contributed by atoms with Crippen LogP contribution in [0.5, 0.6) is 5.75 Å². The molecule has 8 nitrogen and oxygen atoms in total. The van der Waals surface area contributed by atoms with Gasteiger partial charge >= 0.3 is 6.03 Å². The molecule has 3 rings (SSSR count). The van der Waals surface area contributed by atoms with Crippen LogP contribution in [0.15, 0.2) is 48.5 Å². The van der Waals surface area contributed by atoms with E-state index in [4.69, 9.17) is 9.47 Å². The Kier molecular flexibility index (Phi) is 10.1. The molecule has 0 aliphatic carbocycles. The van der Waals surface area contributed by atoms with E-state index in [1.807, 2.05) is 13.0 Å². The van der Waals surface area contributed by atoms with Gasteiger partial charge in [0.05, 0.1) is 11.7 Å². The van der Waals surface area contributed by atoms with Gasteiger partial charge in [-0.2, -0.15) is 0 Å². The van der Waals surface area contributed by atoms with E-state index in [1.54, 1.807) is 37.3 Å². The Balaban J connectivity index is 1.89. The number of hydrogen-bond donors (Lipinski definition) is 2. The summed E-state index contributed by atoms with van der Waals surface area (Å²) in [6, 6.07) is 15.4. The van der Waals surface area contributed by atoms with Crippen LogP contribution in [-0.4, -0.2) is 74.3 Å². The molecular formula is C28H40N4O4. The normalized spacial score (nSPS) is 21.5. The van der Waals surface area contributed by atoms with Crippen LogP contribution in [0.3, 0.4) is 0 Å². The fourth-order valence-corrected chi connectivity index (χ4v) is 4.38. The molecule has 2 aromatic rings. The minimum atomic E-state index is -0.301. The molecule has 1 aliphatic heterocycles. The highest BCUT2D eigenvalue weighted by atomic mass is 16.5. The highest BCUT2D eigenvalue weighted by Crippen LogP contribution is 2.27. The number of carbonyl (C=O) groups excluding carboxylic acids is 2. The first-order valence-corrected chi connectivity index (χ1v) is 12.7. The van der Waals surface area contributed by atoms with Gasteiger partial charge in [-0.05, 0) is 43.0 Å². The van der Waals surface area contributed by atoms with Crippen LogP contribution in [0.2, 0.25) is 0 Å². The third kappa shape index (κ3) is 7.45. The predicted molar refractivity (Wildman–Crippen MR) is 142 cm³/mol. The number of amides is 3. The summed E-state index contributed by atoms with van der Waals surface area (Å²) in [6.45, 7) is 9.34. The summed E-state index contributed by atoms with van der Waals surface area (Å²) in [5.41, 5.74) is 2.19. The summed E-state index contributed by atoms with van der Waals surface area (Å²) in [7, 11) is 3.47. The molecule has 0 unspecified atom stereocenters. The van der Waals surface area contributed by atoms with Gasteiger partial charge in [0.1, 0.15) is 12.4 Å². The van der Waals surface area contributed by atoms with Gasteiger partial charge in [0.25, 0.3) is 5.91 Å².